The van der Waals surface area contributed by atoms with E-state index in [1.807, 2.05) is 0 Å². The SMILES string of the molecule is O=[Se](O)O[Se](=O)O[Se](=O)O. The molecular weight excluding hydrogens is 349 g/mol. The summed E-state index contributed by atoms with van der Waals surface area (Å²) >= 11 is -10.5. The molecule has 0 aromatic carbocycles. The second-order valence-corrected chi connectivity index (χ2v) is 6.99. The van der Waals surface area contributed by atoms with Gasteiger partial charge >= 0.3 is 69.2 Å². The summed E-state index contributed by atoms with van der Waals surface area (Å²) in [6, 6.07) is 0. The molecular formula is H2O7Se3. The van der Waals surface area contributed by atoms with E-state index in [2.05, 4.69) is 5.80 Å². The zero-order valence-electron chi connectivity index (χ0n) is 4.16. The molecule has 10 heteroatoms. The molecule has 2 unspecified atom stereocenters. The topological polar surface area (TPSA) is 110 Å². The van der Waals surface area contributed by atoms with Gasteiger partial charge in [0.25, 0.3) is 0 Å². The maximum absolute atomic E-state index is 10.2. The van der Waals surface area contributed by atoms with Crippen LogP contribution in [0.15, 0.2) is 0 Å². The molecule has 0 rings (SSSR count). The molecule has 0 radical (unpaired) electrons. The van der Waals surface area contributed by atoms with E-state index in [9.17, 15) is 11.5 Å². The van der Waals surface area contributed by atoms with Gasteiger partial charge in [0.1, 0.15) is 0 Å². The zero-order chi connectivity index (χ0) is 8.15. The first-order chi connectivity index (χ1) is 4.52. The van der Waals surface area contributed by atoms with Crippen LogP contribution < -0.4 is 0 Å². The van der Waals surface area contributed by atoms with Gasteiger partial charge in [0.15, 0.2) is 0 Å². The summed E-state index contributed by atoms with van der Waals surface area (Å²) in [5.74, 6) is 0. The van der Waals surface area contributed by atoms with E-state index in [0.717, 1.165) is 0 Å². The van der Waals surface area contributed by atoms with Crippen LogP contribution in [-0.4, -0.2) is 51.9 Å². The van der Waals surface area contributed by atoms with E-state index in [-0.39, 0.29) is 0 Å². The van der Waals surface area contributed by atoms with Crippen LogP contribution in [0, 0.1) is 0 Å². The first kappa shape index (κ1) is 10.8. The van der Waals surface area contributed by atoms with Crippen molar-refractivity contribution >= 4 is 43.5 Å². The van der Waals surface area contributed by atoms with Gasteiger partial charge in [0.2, 0.25) is 0 Å². The first-order valence-corrected chi connectivity index (χ1v) is 7.96. The summed E-state index contributed by atoms with van der Waals surface area (Å²) in [5.41, 5.74) is 0. The van der Waals surface area contributed by atoms with Crippen molar-refractivity contribution < 1.29 is 25.7 Å². The normalized spacial score (nSPS) is 19.8. The fourth-order valence-electron chi connectivity index (χ4n) is 0.106. The van der Waals surface area contributed by atoms with Crippen LogP contribution in [0.25, 0.3) is 0 Å². The molecule has 2 N–H and O–H groups in total. The molecule has 62 valence electrons. The fourth-order valence-corrected chi connectivity index (χ4v) is 4.16. The molecule has 0 spiro atoms. The van der Waals surface area contributed by atoms with Gasteiger partial charge in [-0.15, -0.1) is 0 Å². The fraction of sp³-hybridized carbons (Fsp3) is 0. The van der Waals surface area contributed by atoms with Crippen molar-refractivity contribution in [3.8, 4) is 0 Å². The van der Waals surface area contributed by atoms with Gasteiger partial charge < -0.3 is 0 Å². The average molecular weight is 351 g/mol. The van der Waals surface area contributed by atoms with E-state index in [0.29, 0.717) is 0 Å². The van der Waals surface area contributed by atoms with Gasteiger partial charge in [-0.2, -0.15) is 0 Å². The summed E-state index contributed by atoms with van der Waals surface area (Å²) in [7, 11) is 0. The zero-order valence-corrected chi connectivity index (χ0v) is 9.30. The first-order valence-electron chi connectivity index (χ1n) is 1.53. The van der Waals surface area contributed by atoms with Crippen LogP contribution in [0.4, 0.5) is 0 Å². The third-order valence-electron chi connectivity index (χ3n) is 0.228. The van der Waals surface area contributed by atoms with E-state index < -0.39 is 43.5 Å². The van der Waals surface area contributed by atoms with Crippen LogP contribution in [-0.2, 0) is 17.3 Å². The molecule has 0 aliphatic heterocycles. The Balaban J connectivity index is 3.65. The summed E-state index contributed by atoms with van der Waals surface area (Å²) in [4.78, 5) is 0. The Kier molecular flexibility index (Phi) is 5.88. The van der Waals surface area contributed by atoms with Crippen molar-refractivity contribution in [1.82, 2.24) is 0 Å². The molecule has 0 saturated carbocycles. The Morgan fingerprint density at radius 1 is 0.900 bits per heavy atom. The van der Waals surface area contributed by atoms with Crippen LogP contribution >= 0.6 is 0 Å². The number of rotatable bonds is 4. The molecule has 0 saturated heterocycles. The van der Waals surface area contributed by atoms with Crippen molar-refractivity contribution in [2.75, 3.05) is 0 Å². The standard InChI is InChI=1S/H2O7Se3/c1-8(2)6-10(5)7-9(3)4/h(H,1,2)(H,3,4). The van der Waals surface area contributed by atoms with Crippen molar-refractivity contribution in [3.63, 3.8) is 0 Å². The van der Waals surface area contributed by atoms with Crippen molar-refractivity contribution in [2.24, 2.45) is 0 Å². The predicted octanol–water partition coefficient (Wildman–Crippen LogP) is -2.75. The number of hydrogen-bond donors (Lipinski definition) is 2. The van der Waals surface area contributed by atoms with Gasteiger partial charge in [0, 0.05) is 0 Å². The molecule has 0 aromatic rings. The molecule has 7 nitrogen and oxygen atoms in total. The molecule has 0 aliphatic rings. The average Bonchev–Trinajstić information content (AvgIpc) is 1.58. The van der Waals surface area contributed by atoms with E-state index in [4.69, 9.17) is 8.38 Å². The van der Waals surface area contributed by atoms with Crippen molar-refractivity contribution in [1.29, 1.82) is 0 Å². The molecule has 0 fully saturated rings. The summed E-state index contributed by atoms with van der Waals surface area (Å²) in [6.45, 7) is 0. The minimum atomic E-state index is -3.53. The Morgan fingerprint density at radius 3 is 1.40 bits per heavy atom. The minimum absolute atomic E-state index is 3.46. The van der Waals surface area contributed by atoms with Crippen LogP contribution in [0.5, 0.6) is 0 Å². The maximum atomic E-state index is 10.2. The van der Waals surface area contributed by atoms with E-state index >= 15 is 0 Å². The molecule has 2 atom stereocenters. The number of hydrogen-bond acceptors (Lipinski definition) is 5. The van der Waals surface area contributed by atoms with Gasteiger partial charge in [-0.1, -0.05) is 0 Å². The molecule has 0 aliphatic carbocycles. The summed E-state index contributed by atoms with van der Waals surface area (Å²) in [6.07, 6.45) is 0. The quantitative estimate of drug-likeness (QED) is 0.529. The van der Waals surface area contributed by atoms with Crippen LogP contribution in [0.1, 0.15) is 0 Å². The molecule has 0 heterocycles. The van der Waals surface area contributed by atoms with E-state index in [1.165, 1.54) is 0 Å². The van der Waals surface area contributed by atoms with Gasteiger partial charge in [0.05, 0.1) is 0 Å². The van der Waals surface area contributed by atoms with Gasteiger partial charge in [-0.3, -0.25) is 0 Å². The third kappa shape index (κ3) is 6.91. The molecule has 0 amide bonds. The van der Waals surface area contributed by atoms with Gasteiger partial charge in [-0.25, -0.2) is 0 Å². The Hall–Kier alpha value is 0.798. The second kappa shape index (κ2) is 5.45. The Labute approximate surface area is 69.1 Å². The van der Waals surface area contributed by atoms with Crippen LogP contribution in [0.2, 0.25) is 0 Å². The molecule has 0 bridgehead atoms. The van der Waals surface area contributed by atoms with Crippen molar-refractivity contribution in [2.45, 2.75) is 0 Å². The Bertz CT molecular complexity index is 152. The third-order valence-corrected chi connectivity index (χ3v) is 6.14. The summed E-state index contributed by atoms with van der Waals surface area (Å²) < 4.78 is 53.0. The predicted molar refractivity (Wildman–Crippen MR) is 25.9 cm³/mol. The van der Waals surface area contributed by atoms with E-state index in [1.54, 1.807) is 0 Å². The Morgan fingerprint density at radius 2 is 1.20 bits per heavy atom. The van der Waals surface area contributed by atoms with Crippen LogP contribution in [0.3, 0.4) is 0 Å². The van der Waals surface area contributed by atoms with Gasteiger partial charge in [-0.05, 0) is 0 Å². The molecule has 0 aromatic heterocycles. The van der Waals surface area contributed by atoms with Crippen molar-refractivity contribution in [3.05, 3.63) is 0 Å². The summed E-state index contributed by atoms with van der Waals surface area (Å²) in [5, 5.41) is 0. The monoisotopic (exact) mass is 354 g/mol. The molecule has 10 heavy (non-hydrogen) atoms. The second-order valence-electron chi connectivity index (χ2n) is 0.774.